The molecule has 0 atom stereocenters. The zero-order valence-electron chi connectivity index (χ0n) is 12.1. The largest absolute Gasteiger partial charge is 0.371 e. The average molecular weight is 318 g/mol. The molecule has 0 unspecified atom stereocenters. The Morgan fingerprint density at radius 2 is 1.71 bits per heavy atom. The molecule has 1 saturated heterocycles. The second-order valence-electron chi connectivity index (χ2n) is 5.60. The van der Waals surface area contributed by atoms with Gasteiger partial charge in [0.1, 0.15) is 0 Å². The van der Waals surface area contributed by atoms with Crippen LogP contribution in [0.4, 0.5) is 14.5 Å². The van der Waals surface area contributed by atoms with Crippen LogP contribution in [-0.2, 0) is 9.84 Å². The molecule has 4 nitrogen and oxygen atoms in total. The Bertz CT molecular complexity index is 579. The molecule has 1 heterocycles. The van der Waals surface area contributed by atoms with Crippen molar-refractivity contribution in [3.8, 4) is 0 Å². The number of hydrogen-bond donors (Lipinski definition) is 1. The summed E-state index contributed by atoms with van der Waals surface area (Å²) in [5.74, 6) is -3.38. The molecule has 0 bridgehead atoms. The van der Waals surface area contributed by atoms with Gasteiger partial charge in [-0.3, -0.25) is 0 Å². The lowest BCUT2D eigenvalue weighted by molar-refractivity contribution is 0.234. The molecule has 0 aliphatic carbocycles. The quantitative estimate of drug-likeness (QED) is 0.925. The lowest BCUT2D eigenvalue weighted by Crippen LogP contribution is -2.50. The molecular weight excluding hydrogens is 298 g/mol. The first-order chi connectivity index (χ1) is 9.78. The first kappa shape index (κ1) is 16.2. The smallest absolute Gasteiger partial charge is 0.341 e. The third-order valence-corrected chi connectivity index (χ3v) is 5.63. The van der Waals surface area contributed by atoms with Crippen molar-refractivity contribution < 1.29 is 17.2 Å². The highest BCUT2D eigenvalue weighted by Gasteiger charge is 2.29. The van der Waals surface area contributed by atoms with Crippen molar-refractivity contribution in [1.29, 1.82) is 0 Å². The van der Waals surface area contributed by atoms with Crippen LogP contribution in [-0.4, -0.2) is 39.9 Å². The number of nitrogens with zero attached hydrogens (tertiary/aromatic N) is 1. The van der Waals surface area contributed by atoms with Gasteiger partial charge in [-0.2, -0.15) is 8.78 Å². The summed E-state index contributed by atoms with van der Waals surface area (Å²) in [5, 5.41) is 3.30. The molecule has 0 spiro atoms. The van der Waals surface area contributed by atoms with E-state index in [1.165, 1.54) is 12.1 Å². The van der Waals surface area contributed by atoms with Crippen molar-refractivity contribution in [2.75, 3.05) is 25.0 Å². The van der Waals surface area contributed by atoms with E-state index in [0.717, 1.165) is 31.6 Å². The van der Waals surface area contributed by atoms with Gasteiger partial charge >= 0.3 is 5.76 Å². The van der Waals surface area contributed by atoms with E-state index in [0.29, 0.717) is 0 Å². The standard InChI is InChI=1S/C14H20F2N2O2S/c1-14(17-2)7-9-18(10-8-14)11-3-5-12(6-4-11)21(19,20)13(15)16/h3-6,13,17H,7-10H2,1-2H3. The summed E-state index contributed by atoms with van der Waals surface area (Å²) in [5.41, 5.74) is 0.983. The topological polar surface area (TPSA) is 49.4 Å². The number of sulfone groups is 1. The maximum absolute atomic E-state index is 12.5. The zero-order chi connectivity index (χ0) is 15.7. The minimum Gasteiger partial charge on any atom is -0.371 e. The minimum atomic E-state index is -4.51. The van der Waals surface area contributed by atoms with Gasteiger partial charge in [0.05, 0.1) is 4.90 Å². The summed E-state index contributed by atoms with van der Waals surface area (Å²) >= 11 is 0. The summed E-state index contributed by atoms with van der Waals surface area (Å²) in [6.07, 6.45) is 1.95. The van der Waals surface area contributed by atoms with Gasteiger partial charge in [-0.15, -0.1) is 0 Å². The Hall–Kier alpha value is -1.21. The maximum Gasteiger partial charge on any atom is 0.341 e. The van der Waals surface area contributed by atoms with E-state index in [4.69, 9.17) is 0 Å². The SMILES string of the molecule is CNC1(C)CCN(c2ccc(S(=O)(=O)C(F)F)cc2)CC1. The lowest BCUT2D eigenvalue weighted by Gasteiger charge is -2.40. The van der Waals surface area contributed by atoms with E-state index in [9.17, 15) is 17.2 Å². The van der Waals surface area contributed by atoms with E-state index < -0.39 is 15.6 Å². The van der Waals surface area contributed by atoms with Crippen molar-refractivity contribution in [2.24, 2.45) is 0 Å². The Morgan fingerprint density at radius 1 is 1.19 bits per heavy atom. The van der Waals surface area contributed by atoms with Gasteiger partial charge < -0.3 is 10.2 Å². The summed E-state index contributed by atoms with van der Waals surface area (Å²) in [7, 11) is -2.56. The molecule has 0 aromatic heterocycles. The number of piperidine rings is 1. The van der Waals surface area contributed by atoms with Gasteiger partial charge in [0, 0.05) is 24.3 Å². The third kappa shape index (κ3) is 3.35. The van der Waals surface area contributed by atoms with Crippen LogP contribution in [0.1, 0.15) is 19.8 Å². The molecule has 118 valence electrons. The molecule has 1 N–H and O–H groups in total. The highest BCUT2D eigenvalue weighted by atomic mass is 32.2. The summed E-state index contributed by atoms with van der Waals surface area (Å²) < 4.78 is 47.7. The first-order valence-electron chi connectivity index (χ1n) is 6.84. The summed E-state index contributed by atoms with van der Waals surface area (Å²) in [6, 6.07) is 5.69. The molecule has 2 rings (SSSR count). The fourth-order valence-corrected chi connectivity index (χ4v) is 3.18. The highest BCUT2D eigenvalue weighted by molar-refractivity contribution is 7.91. The molecule has 7 heteroatoms. The predicted octanol–water partition coefficient (Wildman–Crippen LogP) is 2.26. The number of alkyl halides is 2. The minimum absolute atomic E-state index is 0.120. The molecule has 0 radical (unpaired) electrons. The van der Waals surface area contributed by atoms with E-state index in [1.54, 1.807) is 12.1 Å². The van der Waals surface area contributed by atoms with Crippen LogP contribution in [0.5, 0.6) is 0 Å². The van der Waals surface area contributed by atoms with Gasteiger partial charge in [-0.25, -0.2) is 8.42 Å². The Labute approximate surface area is 124 Å². The van der Waals surface area contributed by atoms with Crippen LogP contribution < -0.4 is 10.2 Å². The molecule has 0 amide bonds. The van der Waals surface area contributed by atoms with Crippen LogP contribution in [0.2, 0.25) is 0 Å². The average Bonchev–Trinajstić information content (AvgIpc) is 2.48. The number of anilines is 1. The number of halogens is 2. The molecule has 21 heavy (non-hydrogen) atoms. The van der Waals surface area contributed by atoms with Gasteiger partial charge in [0.15, 0.2) is 0 Å². The number of hydrogen-bond acceptors (Lipinski definition) is 4. The van der Waals surface area contributed by atoms with Crippen molar-refractivity contribution in [3.05, 3.63) is 24.3 Å². The van der Waals surface area contributed by atoms with Crippen LogP contribution in [0.25, 0.3) is 0 Å². The Balaban J connectivity index is 2.11. The van der Waals surface area contributed by atoms with Crippen molar-refractivity contribution >= 4 is 15.5 Å². The fraction of sp³-hybridized carbons (Fsp3) is 0.571. The molecule has 1 aromatic rings. The maximum atomic E-state index is 12.5. The van der Waals surface area contributed by atoms with Crippen molar-refractivity contribution in [2.45, 2.75) is 36.0 Å². The highest BCUT2D eigenvalue weighted by Crippen LogP contribution is 2.27. The lowest BCUT2D eigenvalue weighted by atomic mass is 9.90. The Kier molecular flexibility index (Phi) is 4.53. The Morgan fingerprint density at radius 3 is 2.14 bits per heavy atom. The molecule has 1 fully saturated rings. The first-order valence-corrected chi connectivity index (χ1v) is 8.39. The van der Waals surface area contributed by atoms with Crippen LogP contribution in [0.3, 0.4) is 0 Å². The van der Waals surface area contributed by atoms with E-state index in [1.807, 2.05) is 7.05 Å². The van der Waals surface area contributed by atoms with Crippen molar-refractivity contribution in [3.63, 3.8) is 0 Å². The predicted molar refractivity (Wildman–Crippen MR) is 78.5 cm³/mol. The summed E-state index contributed by atoms with van der Waals surface area (Å²) in [4.78, 5) is 1.80. The normalized spacial score (nSPS) is 19.0. The number of benzene rings is 1. The van der Waals surface area contributed by atoms with Crippen LogP contribution >= 0.6 is 0 Å². The van der Waals surface area contributed by atoms with E-state index >= 15 is 0 Å². The van der Waals surface area contributed by atoms with Crippen LogP contribution in [0, 0.1) is 0 Å². The van der Waals surface area contributed by atoms with Crippen LogP contribution in [0.15, 0.2) is 29.2 Å². The summed E-state index contributed by atoms with van der Waals surface area (Å²) in [6.45, 7) is 3.86. The monoisotopic (exact) mass is 318 g/mol. The fourth-order valence-electron chi connectivity index (χ4n) is 2.46. The molecule has 1 aliphatic heterocycles. The molecule has 0 saturated carbocycles. The van der Waals surface area contributed by atoms with E-state index in [2.05, 4.69) is 17.1 Å². The third-order valence-electron chi connectivity index (χ3n) is 4.24. The van der Waals surface area contributed by atoms with Crippen molar-refractivity contribution in [1.82, 2.24) is 5.32 Å². The van der Waals surface area contributed by atoms with E-state index in [-0.39, 0.29) is 10.4 Å². The second-order valence-corrected chi connectivity index (χ2v) is 7.52. The van der Waals surface area contributed by atoms with Gasteiger partial charge in [-0.1, -0.05) is 0 Å². The second kappa shape index (κ2) is 5.88. The zero-order valence-corrected chi connectivity index (χ0v) is 13.0. The van der Waals surface area contributed by atoms with Gasteiger partial charge in [-0.05, 0) is 51.1 Å². The molecule has 1 aliphatic rings. The van der Waals surface area contributed by atoms with Gasteiger partial charge in [0.25, 0.3) is 0 Å². The number of nitrogens with one attached hydrogen (secondary N) is 1. The molecular formula is C14H20F2N2O2S. The van der Waals surface area contributed by atoms with Gasteiger partial charge in [0.2, 0.25) is 9.84 Å². The number of rotatable bonds is 4. The molecule has 1 aromatic carbocycles.